The van der Waals surface area contributed by atoms with Crippen LogP contribution in [-0.4, -0.2) is 43.1 Å². The van der Waals surface area contributed by atoms with Gasteiger partial charge in [0.05, 0.1) is 4.90 Å². The van der Waals surface area contributed by atoms with Crippen LogP contribution in [0.15, 0.2) is 33.6 Å². The van der Waals surface area contributed by atoms with Gasteiger partial charge in [-0.3, -0.25) is 0 Å². The monoisotopic (exact) mass is 348 g/mol. The van der Waals surface area contributed by atoms with Crippen LogP contribution in [0.25, 0.3) is 0 Å². The quantitative estimate of drug-likeness (QED) is 0.866. The topological polar surface area (TPSA) is 86.7 Å². The van der Waals surface area contributed by atoms with Gasteiger partial charge in [-0.2, -0.15) is 4.31 Å². The Balaban J connectivity index is 2.19. The Morgan fingerprint density at radius 1 is 1.42 bits per heavy atom. The first-order valence-corrected chi connectivity index (χ1v) is 7.88. The standard InChI is InChI=1S/C11H13BrN2O4S/c12-9-3-1-2-4-10(9)19(17,18)14-6-5-8(7-14)13-11(15)16/h1-4,8,13H,5-7H2,(H,15,16). The minimum atomic E-state index is -3.58. The summed E-state index contributed by atoms with van der Waals surface area (Å²) in [6.45, 7) is 0.477. The number of rotatable bonds is 3. The Kier molecular flexibility index (Phi) is 4.12. The molecular formula is C11H13BrN2O4S. The lowest BCUT2D eigenvalue weighted by atomic mass is 10.3. The molecule has 1 saturated heterocycles. The van der Waals surface area contributed by atoms with Gasteiger partial charge in [0.15, 0.2) is 0 Å². The highest BCUT2D eigenvalue weighted by Crippen LogP contribution is 2.27. The van der Waals surface area contributed by atoms with Crippen LogP contribution < -0.4 is 5.32 Å². The van der Waals surface area contributed by atoms with E-state index in [1.807, 2.05) is 0 Å². The predicted molar refractivity (Wildman–Crippen MR) is 72.5 cm³/mol. The van der Waals surface area contributed by atoms with E-state index >= 15 is 0 Å². The maximum atomic E-state index is 12.4. The molecule has 1 aromatic carbocycles. The van der Waals surface area contributed by atoms with Gasteiger partial charge in [-0.1, -0.05) is 12.1 Å². The zero-order chi connectivity index (χ0) is 14.0. The second-order valence-corrected chi connectivity index (χ2v) is 6.99. The lowest BCUT2D eigenvalue weighted by Crippen LogP contribution is -2.37. The number of nitrogens with zero attached hydrogens (tertiary/aromatic N) is 1. The molecule has 104 valence electrons. The molecule has 19 heavy (non-hydrogen) atoms. The summed E-state index contributed by atoms with van der Waals surface area (Å²) in [7, 11) is -3.58. The van der Waals surface area contributed by atoms with Crippen molar-refractivity contribution in [1.29, 1.82) is 0 Å². The highest BCUT2D eigenvalue weighted by atomic mass is 79.9. The average molecular weight is 349 g/mol. The highest BCUT2D eigenvalue weighted by molar-refractivity contribution is 9.10. The van der Waals surface area contributed by atoms with Gasteiger partial charge in [-0.15, -0.1) is 0 Å². The van der Waals surface area contributed by atoms with Crippen LogP contribution >= 0.6 is 15.9 Å². The largest absolute Gasteiger partial charge is 0.465 e. The van der Waals surface area contributed by atoms with Crippen molar-refractivity contribution in [3.63, 3.8) is 0 Å². The van der Waals surface area contributed by atoms with Crippen LogP contribution in [-0.2, 0) is 10.0 Å². The number of halogens is 1. The molecule has 0 saturated carbocycles. The SMILES string of the molecule is O=C(O)NC1CCN(S(=O)(=O)c2ccccc2Br)C1. The van der Waals surface area contributed by atoms with Crippen molar-refractivity contribution < 1.29 is 18.3 Å². The number of sulfonamides is 1. The number of nitrogens with one attached hydrogen (secondary N) is 1. The van der Waals surface area contributed by atoms with Crippen LogP contribution in [0.2, 0.25) is 0 Å². The van der Waals surface area contributed by atoms with E-state index in [0.717, 1.165) is 0 Å². The molecule has 2 N–H and O–H groups in total. The van der Waals surface area contributed by atoms with Gasteiger partial charge in [-0.05, 0) is 34.5 Å². The van der Waals surface area contributed by atoms with Crippen molar-refractivity contribution >= 4 is 32.0 Å². The minimum absolute atomic E-state index is 0.163. The number of carboxylic acid groups (broad SMARTS) is 1. The Morgan fingerprint density at radius 2 is 2.11 bits per heavy atom. The molecule has 1 heterocycles. The summed E-state index contributed by atoms with van der Waals surface area (Å²) in [5.74, 6) is 0. The summed E-state index contributed by atoms with van der Waals surface area (Å²) < 4.78 is 26.6. The molecule has 1 fully saturated rings. The molecule has 6 nitrogen and oxygen atoms in total. The predicted octanol–water partition coefficient (Wildman–Crippen LogP) is 1.48. The van der Waals surface area contributed by atoms with E-state index in [-0.39, 0.29) is 17.5 Å². The molecular weight excluding hydrogens is 336 g/mol. The highest BCUT2D eigenvalue weighted by Gasteiger charge is 2.34. The Bertz CT molecular complexity index is 590. The van der Waals surface area contributed by atoms with Crippen molar-refractivity contribution in [2.45, 2.75) is 17.4 Å². The van der Waals surface area contributed by atoms with Crippen molar-refractivity contribution in [3.05, 3.63) is 28.7 Å². The first-order valence-electron chi connectivity index (χ1n) is 5.65. The van der Waals surface area contributed by atoms with E-state index < -0.39 is 16.1 Å². The molecule has 0 aliphatic carbocycles. The molecule has 0 bridgehead atoms. The Hall–Kier alpha value is -1.12. The van der Waals surface area contributed by atoms with Gasteiger partial charge in [0, 0.05) is 23.6 Å². The molecule has 1 atom stereocenters. The lowest BCUT2D eigenvalue weighted by molar-refractivity contribution is 0.190. The summed E-state index contributed by atoms with van der Waals surface area (Å²) in [6, 6.07) is 6.23. The minimum Gasteiger partial charge on any atom is -0.465 e. The summed E-state index contributed by atoms with van der Waals surface area (Å²) in [5.41, 5.74) is 0. The number of hydrogen-bond donors (Lipinski definition) is 2. The smallest absolute Gasteiger partial charge is 0.404 e. The molecule has 1 aliphatic rings. The second kappa shape index (κ2) is 5.48. The van der Waals surface area contributed by atoms with Crippen LogP contribution in [0.3, 0.4) is 0 Å². The molecule has 0 aromatic heterocycles. The fourth-order valence-electron chi connectivity index (χ4n) is 2.03. The maximum Gasteiger partial charge on any atom is 0.404 e. The first kappa shape index (κ1) is 14.3. The number of carbonyl (C=O) groups is 1. The summed E-state index contributed by atoms with van der Waals surface area (Å²) >= 11 is 3.22. The second-order valence-electron chi connectivity index (χ2n) is 4.23. The van der Waals surface area contributed by atoms with Gasteiger partial charge in [-0.25, -0.2) is 13.2 Å². The van der Waals surface area contributed by atoms with Crippen molar-refractivity contribution in [1.82, 2.24) is 9.62 Å². The third-order valence-electron chi connectivity index (χ3n) is 2.93. The van der Waals surface area contributed by atoms with Gasteiger partial charge >= 0.3 is 6.09 Å². The number of benzene rings is 1. The van der Waals surface area contributed by atoms with Gasteiger partial charge < -0.3 is 10.4 Å². The van der Waals surface area contributed by atoms with E-state index in [0.29, 0.717) is 17.4 Å². The zero-order valence-corrected chi connectivity index (χ0v) is 12.3. The normalized spacial score (nSPS) is 20.4. The van der Waals surface area contributed by atoms with Crippen molar-refractivity contribution in [2.75, 3.05) is 13.1 Å². The molecule has 1 amide bonds. The molecule has 0 radical (unpaired) electrons. The van der Waals surface area contributed by atoms with Crippen molar-refractivity contribution in [2.24, 2.45) is 0 Å². The lowest BCUT2D eigenvalue weighted by Gasteiger charge is -2.17. The van der Waals surface area contributed by atoms with Gasteiger partial charge in [0.2, 0.25) is 10.0 Å². The van der Waals surface area contributed by atoms with Crippen LogP contribution in [0, 0.1) is 0 Å². The average Bonchev–Trinajstić information content (AvgIpc) is 2.77. The summed E-state index contributed by atoms with van der Waals surface area (Å²) in [6.07, 6.45) is -0.652. The van der Waals surface area contributed by atoms with Gasteiger partial charge in [0.25, 0.3) is 0 Å². The van der Waals surface area contributed by atoms with Crippen LogP contribution in [0.5, 0.6) is 0 Å². The van der Waals surface area contributed by atoms with E-state index in [1.54, 1.807) is 18.2 Å². The van der Waals surface area contributed by atoms with E-state index in [4.69, 9.17) is 5.11 Å². The van der Waals surface area contributed by atoms with Crippen LogP contribution in [0.4, 0.5) is 4.79 Å². The molecule has 1 aromatic rings. The third kappa shape index (κ3) is 3.07. The Labute approximate surface area is 119 Å². The van der Waals surface area contributed by atoms with E-state index in [9.17, 15) is 13.2 Å². The van der Waals surface area contributed by atoms with E-state index in [1.165, 1.54) is 10.4 Å². The zero-order valence-electron chi connectivity index (χ0n) is 9.91. The van der Waals surface area contributed by atoms with Crippen molar-refractivity contribution in [3.8, 4) is 0 Å². The molecule has 1 aliphatic heterocycles. The molecule has 8 heteroatoms. The molecule has 2 rings (SSSR count). The Morgan fingerprint density at radius 3 is 2.74 bits per heavy atom. The number of amides is 1. The maximum absolute atomic E-state index is 12.4. The fourth-order valence-corrected chi connectivity index (χ4v) is 4.50. The molecule has 0 spiro atoms. The fraction of sp³-hybridized carbons (Fsp3) is 0.364. The van der Waals surface area contributed by atoms with Gasteiger partial charge in [0.1, 0.15) is 0 Å². The van der Waals surface area contributed by atoms with Crippen LogP contribution in [0.1, 0.15) is 6.42 Å². The first-order chi connectivity index (χ1) is 8.91. The number of hydrogen-bond acceptors (Lipinski definition) is 3. The summed E-state index contributed by atoms with van der Waals surface area (Å²) in [4.78, 5) is 10.7. The summed E-state index contributed by atoms with van der Waals surface area (Å²) in [5, 5.41) is 10.9. The third-order valence-corrected chi connectivity index (χ3v) is 5.81. The molecule has 1 unspecified atom stereocenters. The van der Waals surface area contributed by atoms with E-state index in [2.05, 4.69) is 21.2 Å².